The van der Waals surface area contributed by atoms with Crippen LogP contribution in [-0.2, 0) is 0 Å². The Labute approximate surface area is 178 Å². The molecule has 2 saturated carbocycles. The summed E-state index contributed by atoms with van der Waals surface area (Å²) in [4.78, 5) is 0. The number of hydrogen-bond acceptors (Lipinski definition) is 1. The van der Waals surface area contributed by atoms with Gasteiger partial charge in [0.1, 0.15) is 6.61 Å². The molecule has 0 aromatic heterocycles. The lowest BCUT2D eigenvalue weighted by Gasteiger charge is -2.41. The summed E-state index contributed by atoms with van der Waals surface area (Å²) in [5.74, 6) is 1.24. The molecule has 2 aliphatic rings. The first-order valence-electron chi connectivity index (χ1n) is 11.0. The summed E-state index contributed by atoms with van der Waals surface area (Å²) in [6, 6.07) is 10.9. The van der Waals surface area contributed by atoms with Gasteiger partial charge in [0.15, 0.2) is 17.4 Å². The predicted octanol–water partition coefficient (Wildman–Crippen LogP) is 7.68. The normalized spacial score (nSPS) is 25.9. The molecule has 0 heterocycles. The third-order valence-electron chi connectivity index (χ3n) is 7.05. The molecular formula is C27H30F2O. The van der Waals surface area contributed by atoms with E-state index in [4.69, 9.17) is 4.74 Å². The molecule has 2 aliphatic carbocycles. The van der Waals surface area contributed by atoms with Crippen molar-refractivity contribution < 1.29 is 13.5 Å². The SMILES string of the molecule is C=CCOc1c(F)cc(-c2ccc(C3CCC4CC(C=C)CCC4C3)cc2)cc1F. The maximum atomic E-state index is 14.3. The second-order valence-corrected chi connectivity index (χ2v) is 8.83. The van der Waals surface area contributed by atoms with Crippen molar-refractivity contribution in [3.05, 3.63) is 78.9 Å². The van der Waals surface area contributed by atoms with Crippen molar-refractivity contribution in [2.75, 3.05) is 6.61 Å². The smallest absolute Gasteiger partial charge is 0.191 e. The molecule has 0 spiro atoms. The lowest BCUT2D eigenvalue weighted by Crippen LogP contribution is -2.29. The maximum absolute atomic E-state index is 14.3. The zero-order valence-electron chi connectivity index (χ0n) is 17.5. The molecule has 0 amide bonds. The molecule has 0 aliphatic heterocycles. The van der Waals surface area contributed by atoms with Crippen molar-refractivity contribution in [2.45, 2.75) is 44.4 Å². The van der Waals surface area contributed by atoms with E-state index in [0.717, 1.165) is 17.4 Å². The number of ether oxygens (including phenoxy) is 1. The first-order valence-corrected chi connectivity index (χ1v) is 11.0. The molecule has 0 saturated heterocycles. The van der Waals surface area contributed by atoms with E-state index in [1.54, 1.807) is 0 Å². The van der Waals surface area contributed by atoms with E-state index in [1.807, 2.05) is 12.1 Å². The van der Waals surface area contributed by atoms with E-state index >= 15 is 0 Å². The van der Waals surface area contributed by atoms with E-state index in [-0.39, 0.29) is 12.4 Å². The van der Waals surface area contributed by atoms with Crippen LogP contribution in [0.25, 0.3) is 11.1 Å². The summed E-state index contributed by atoms with van der Waals surface area (Å²) in [6.45, 7) is 7.56. The van der Waals surface area contributed by atoms with Crippen molar-refractivity contribution in [1.29, 1.82) is 0 Å². The topological polar surface area (TPSA) is 9.23 Å². The monoisotopic (exact) mass is 408 g/mol. The first-order chi connectivity index (χ1) is 14.6. The number of rotatable bonds is 6. The Kier molecular flexibility index (Phi) is 6.36. The van der Waals surface area contributed by atoms with Crippen molar-refractivity contribution in [2.24, 2.45) is 17.8 Å². The third kappa shape index (κ3) is 4.35. The molecule has 2 fully saturated rings. The molecule has 3 heteroatoms. The van der Waals surface area contributed by atoms with Crippen LogP contribution in [0.5, 0.6) is 5.75 Å². The van der Waals surface area contributed by atoms with Gasteiger partial charge >= 0.3 is 0 Å². The molecule has 158 valence electrons. The van der Waals surface area contributed by atoms with Crippen LogP contribution in [0.15, 0.2) is 61.7 Å². The Morgan fingerprint density at radius 3 is 2.20 bits per heavy atom. The van der Waals surface area contributed by atoms with Gasteiger partial charge in [-0.15, -0.1) is 6.58 Å². The van der Waals surface area contributed by atoms with Crippen LogP contribution in [0.2, 0.25) is 0 Å². The average molecular weight is 409 g/mol. The molecule has 2 aromatic rings. The fourth-order valence-electron chi connectivity index (χ4n) is 5.40. The van der Waals surface area contributed by atoms with Crippen LogP contribution in [0.4, 0.5) is 8.78 Å². The van der Waals surface area contributed by atoms with Gasteiger partial charge < -0.3 is 4.74 Å². The number of allylic oxidation sites excluding steroid dienone is 1. The summed E-state index contributed by atoms with van der Waals surface area (Å²) >= 11 is 0. The van der Waals surface area contributed by atoms with E-state index < -0.39 is 11.6 Å². The minimum atomic E-state index is -0.690. The Balaban J connectivity index is 1.46. The summed E-state index contributed by atoms with van der Waals surface area (Å²) < 4.78 is 33.7. The minimum absolute atomic E-state index is 0.0688. The van der Waals surface area contributed by atoms with Gasteiger partial charge in [-0.3, -0.25) is 0 Å². The second-order valence-electron chi connectivity index (χ2n) is 8.83. The van der Waals surface area contributed by atoms with Gasteiger partial charge in [0.05, 0.1) is 0 Å². The standard InChI is InChI=1S/C27H30F2O/c1-3-13-30-27-25(28)16-24(17-26(27)29)20-9-7-19(8-10-20)22-12-11-21-14-18(4-2)5-6-23(21)15-22/h3-4,7-10,16-18,21-23H,1-2,5-6,11-15H2. The Morgan fingerprint density at radius 1 is 0.867 bits per heavy atom. The van der Waals surface area contributed by atoms with Gasteiger partial charge in [0.2, 0.25) is 0 Å². The highest BCUT2D eigenvalue weighted by Gasteiger charge is 2.35. The molecular weight excluding hydrogens is 378 g/mol. The first kappa shape index (κ1) is 20.8. The lowest BCUT2D eigenvalue weighted by molar-refractivity contribution is 0.133. The Hall–Kier alpha value is -2.42. The average Bonchev–Trinajstić information content (AvgIpc) is 2.78. The summed E-state index contributed by atoms with van der Waals surface area (Å²) in [5.41, 5.74) is 2.68. The quantitative estimate of drug-likeness (QED) is 0.445. The van der Waals surface area contributed by atoms with E-state index in [1.165, 1.54) is 62.3 Å². The highest BCUT2D eigenvalue weighted by molar-refractivity contribution is 5.65. The summed E-state index contributed by atoms with van der Waals surface area (Å²) in [6.07, 6.45) is 11.3. The molecule has 0 N–H and O–H groups in total. The predicted molar refractivity (Wildman–Crippen MR) is 119 cm³/mol. The number of benzene rings is 2. The number of fused-ring (bicyclic) bond motifs is 1. The van der Waals surface area contributed by atoms with Crippen molar-refractivity contribution in [3.63, 3.8) is 0 Å². The molecule has 0 bridgehead atoms. The largest absolute Gasteiger partial charge is 0.483 e. The van der Waals surface area contributed by atoms with Crippen LogP contribution in [0, 0.1) is 29.4 Å². The van der Waals surface area contributed by atoms with Gasteiger partial charge in [0, 0.05) is 0 Å². The third-order valence-corrected chi connectivity index (χ3v) is 7.05. The van der Waals surface area contributed by atoms with Crippen LogP contribution < -0.4 is 4.74 Å². The molecule has 4 unspecified atom stereocenters. The van der Waals surface area contributed by atoms with E-state index in [0.29, 0.717) is 17.4 Å². The van der Waals surface area contributed by atoms with Gasteiger partial charge in [-0.25, -0.2) is 8.78 Å². The zero-order valence-corrected chi connectivity index (χ0v) is 17.5. The molecule has 4 atom stereocenters. The van der Waals surface area contributed by atoms with Gasteiger partial charge in [-0.1, -0.05) is 43.0 Å². The molecule has 30 heavy (non-hydrogen) atoms. The lowest BCUT2D eigenvalue weighted by atomic mass is 9.64. The fraction of sp³-hybridized carbons (Fsp3) is 0.407. The summed E-state index contributed by atoms with van der Waals surface area (Å²) in [7, 11) is 0. The van der Waals surface area contributed by atoms with Crippen molar-refractivity contribution in [3.8, 4) is 16.9 Å². The van der Waals surface area contributed by atoms with Crippen LogP contribution in [-0.4, -0.2) is 6.61 Å². The second kappa shape index (κ2) is 9.16. The van der Waals surface area contributed by atoms with E-state index in [9.17, 15) is 8.78 Å². The van der Waals surface area contributed by atoms with E-state index in [2.05, 4.69) is 31.4 Å². The number of halogens is 2. The zero-order chi connectivity index (χ0) is 21.1. The van der Waals surface area contributed by atoms with Crippen molar-refractivity contribution in [1.82, 2.24) is 0 Å². The van der Waals surface area contributed by atoms with Crippen molar-refractivity contribution >= 4 is 0 Å². The Morgan fingerprint density at radius 2 is 1.53 bits per heavy atom. The molecule has 1 nitrogen and oxygen atoms in total. The fourth-order valence-corrected chi connectivity index (χ4v) is 5.40. The highest BCUT2D eigenvalue weighted by atomic mass is 19.1. The summed E-state index contributed by atoms with van der Waals surface area (Å²) in [5, 5.41) is 0. The van der Waals surface area contributed by atoms with Crippen LogP contribution in [0.1, 0.15) is 50.0 Å². The van der Waals surface area contributed by atoms with Gasteiger partial charge in [-0.05, 0) is 91.0 Å². The number of hydrogen-bond donors (Lipinski definition) is 0. The van der Waals surface area contributed by atoms with Crippen LogP contribution in [0.3, 0.4) is 0 Å². The minimum Gasteiger partial charge on any atom is -0.483 e. The van der Waals surface area contributed by atoms with Gasteiger partial charge in [0.25, 0.3) is 0 Å². The van der Waals surface area contributed by atoms with Gasteiger partial charge in [-0.2, -0.15) is 0 Å². The molecule has 2 aromatic carbocycles. The highest BCUT2D eigenvalue weighted by Crippen LogP contribution is 2.47. The Bertz CT molecular complexity index is 879. The maximum Gasteiger partial charge on any atom is 0.191 e. The van der Waals surface area contributed by atoms with Crippen LogP contribution >= 0.6 is 0 Å². The molecule has 4 rings (SSSR count). The molecule has 0 radical (unpaired) electrons.